The van der Waals surface area contributed by atoms with Gasteiger partial charge < -0.3 is 20.9 Å². The molecule has 2 heterocycles. The smallest absolute Gasteiger partial charge is 0.254 e. The summed E-state index contributed by atoms with van der Waals surface area (Å²) in [6, 6.07) is 15.3. The molecule has 4 amide bonds. The van der Waals surface area contributed by atoms with Gasteiger partial charge in [-0.15, -0.1) is 0 Å². The lowest BCUT2D eigenvalue weighted by Gasteiger charge is -2.33. The van der Waals surface area contributed by atoms with Crippen molar-refractivity contribution in [3.05, 3.63) is 95.1 Å². The molecular weight excluding hydrogens is 525 g/mol. The maximum atomic E-state index is 14.2. The lowest BCUT2D eigenvalue weighted by molar-refractivity contribution is -0.129. The van der Waals surface area contributed by atoms with Crippen LogP contribution in [0.25, 0.3) is 0 Å². The molecule has 3 N–H and O–H groups in total. The molecule has 1 unspecified atom stereocenters. The lowest BCUT2D eigenvalue weighted by Crippen LogP contribution is -2.52. The van der Waals surface area contributed by atoms with Crippen molar-refractivity contribution in [3.8, 4) is 0 Å². The first-order valence-electron chi connectivity index (χ1n) is 13.4. The van der Waals surface area contributed by atoms with Crippen molar-refractivity contribution in [1.82, 2.24) is 15.2 Å². The van der Waals surface area contributed by atoms with Crippen molar-refractivity contribution < 1.29 is 23.6 Å². The first-order chi connectivity index (χ1) is 19.4. The van der Waals surface area contributed by atoms with Crippen LogP contribution in [0.2, 0.25) is 0 Å². The molecule has 1 atom stereocenters. The second-order valence-electron chi connectivity index (χ2n) is 11.3. The normalized spacial score (nSPS) is 15.2. The number of nitrogens with one attached hydrogen (secondary N) is 1. The summed E-state index contributed by atoms with van der Waals surface area (Å²) in [5.74, 6) is -2.44. The first-order valence-corrected chi connectivity index (χ1v) is 13.4. The number of nitrogens with two attached hydrogens (primary N) is 1. The lowest BCUT2D eigenvalue weighted by atomic mass is 9.95. The minimum Gasteiger partial charge on any atom is -0.369 e. The predicted molar refractivity (Wildman–Crippen MR) is 152 cm³/mol. The zero-order valence-corrected chi connectivity index (χ0v) is 23.4. The molecule has 4 rings (SSSR count). The van der Waals surface area contributed by atoms with E-state index < -0.39 is 35.5 Å². The molecule has 214 valence electrons. The minimum absolute atomic E-state index is 0.0624. The fraction of sp³-hybridized carbons (Fsp3) is 0.323. The topological polar surface area (TPSA) is 126 Å². The van der Waals surface area contributed by atoms with Crippen LogP contribution in [0.1, 0.15) is 54.4 Å². The number of carbonyl (C=O) groups excluding carboxylic acids is 4. The molecule has 1 aliphatic heterocycles. The SMILES string of the molecule is CC(C)(C)CN1C(=O)C(CC(=O)NCc2ccccc2F)N(C(=O)c2ccnc(CC(N)=O)c2)Cc2ccccc21. The maximum Gasteiger partial charge on any atom is 0.254 e. The number of carbonyl (C=O) groups is 4. The van der Waals surface area contributed by atoms with Gasteiger partial charge in [0.05, 0.1) is 18.5 Å². The summed E-state index contributed by atoms with van der Waals surface area (Å²) < 4.78 is 14.1. The van der Waals surface area contributed by atoms with Crippen molar-refractivity contribution in [2.75, 3.05) is 11.4 Å². The van der Waals surface area contributed by atoms with Crippen LogP contribution in [0.15, 0.2) is 66.9 Å². The van der Waals surface area contributed by atoms with Crippen molar-refractivity contribution in [3.63, 3.8) is 0 Å². The van der Waals surface area contributed by atoms with E-state index in [-0.39, 0.29) is 36.9 Å². The number of nitrogens with zero attached hydrogens (tertiary/aromatic N) is 3. The van der Waals surface area contributed by atoms with Crippen molar-refractivity contribution in [1.29, 1.82) is 0 Å². The van der Waals surface area contributed by atoms with Crippen molar-refractivity contribution in [2.45, 2.75) is 52.7 Å². The van der Waals surface area contributed by atoms with Crippen LogP contribution < -0.4 is 16.0 Å². The van der Waals surface area contributed by atoms with Crippen LogP contribution in [0.4, 0.5) is 10.1 Å². The van der Waals surface area contributed by atoms with Crippen LogP contribution in [-0.4, -0.2) is 46.1 Å². The largest absolute Gasteiger partial charge is 0.369 e. The third-order valence-electron chi connectivity index (χ3n) is 6.68. The van der Waals surface area contributed by atoms with Crippen LogP contribution in [0.3, 0.4) is 0 Å². The van der Waals surface area contributed by atoms with E-state index in [4.69, 9.17) is 5.73 Å². The summed E-state index contributed by atoms with van der Waals surface area (Å²) in [4.78, 5) is 60.0. The van der Waals surface area contributed by atoms with Gasteiger partial charge in [-0.3, -0.25) is 24.2 Å². The Hall–Kier alpha value is -4.60. The Bertz CT molecular complexity index is 1470. The van der Waals surface area contributed by atoms with E-state index in [9.17, 15) is 23.6 Å². The number of pyridine rings is 1. The molecule has 0 aliphatic carbocycles. The van der Waals surface area contributed by atoms with Crippen molar-refractivity contribution in [2.24, 2.45) is 11.1 Å². The molecule has 1 aliphatic rings. The third kappa shape index (κ3) is 7.33. The molecule has 1 aromatic heterocycles. The molecule has 0 saturated carbocycles. The average Bonchev–Trinajstić information content (AvgIpc) is 3.02. The zero-order chi connectivity index (χ0) is 29.7. The van der Waals surface area contributed by atoms with E-state index in [1.165, 1.54) is 29.3 Å². The second-order valence-corrected chi connectivity index (χ2v) is 11.3. The quantitative estimate of drug-likeness (QED) is 0.438. The highest BCUT2D eigenvalue weighted by molar-refractivity contribution is 6.05. The fourth-order valence-corrected chi connectivity index (χ4v) is 4.82. The van der Waals surface area contributed by atoms with Gasteiger partial charge >= 0.3 is 0 Å². The molecule has 0 spiro atoms. The van der Waals surface area contributed by atoms with E-state index in [1.807, 2.05) is 45.0 Å². The Morgan fingerprint density at radius 2 is 1.78 bits per heavy atom. The van der Waals surface area contributed by atoms with Crippen LogP contribution in [0.5, 0.6) is 0 Å². The average molecular weight is 560 g/mol. The predicted octanol–water partition coefficient (Wildman–Crippen LogP) is 3.36. The van der Waals surface area contributed by atoms with Crippen LogP contribution in [-0.2, 0) is 33.9 Å². The second kappa shape index (κ2) is 12.3. The van der Waals surface area contributed by atoms with Gasteiger partial charge in [0.25, 0.3) is 5.91 Å². The maximum absolute atomic E-state index is 14.2. The van der Waals surface area contributed by atoms with Gasteiger partial charge in [0.2, 0.25) is 17.7 Å². The molecule has 10 heteroatoms. The highest BCUT2D eigenvalue weighted by Gasteiger charge is 2.40. The van der Waals surface area contributed by atoms with E-state index in [2.05, 4.69) is 10.3 Å². The first kappa shape index (κ1) is 29.4. The molecular formula is C31H34FN5O4. The number of benzene rings is 2. The van der Waals surface area contributed by atoms with Crippen molar-refractivity contribution >= 4 is 29.3 Å². The molecule has 41 heavy (non-hydrogen) atoms. The monoisotopic (exact) mass is 559 g/mol. The fourth-order valence-electron chi connectivity index (χ4n) is 4.82. The number of amides is 4. The highest BCUT2D eigenvalue weighted by atomic mass is 19.1. The third-order valence-corrected chi connectivity index (χ3v) is 6.68. The van der Waals surface area contributed by atoms with Crippen LogP contribution in [0, 0.1) is 11.2 Å². The summed E-state index contributed by atoms with van der Waals surface area (Å²) in [6.07, 6.45) is 0.929. The number of rotatable bonds is 8. The highest BCUT2D eigenvalue weighted by Crippen LogP contribution is 2.32. The Labute approximate surface area is 238 Å². The summed E-state index contributed by atoms with van der Waals surface area (Å²) in [7, 11) is 0. The Morgan fingerprint density at radius 1 is 1.07 bits per heavy atom. The van der Waals surface area contributed by atoms with Gasteiger partial charge in [0.15, 0.2) is 0 Å². The number of fused-ring (bicyclic) bond motifs is 1. The molecule has 9 nitrogen and oxygen atoms in total. The number of anilines is 1. The molecule has 0 fully saturated rings. The molecule has 0 saturated heterocycles. The van der Waals surface area contributed by atoms with Gasteiger partial charge in [-0.2, -0.15) is 0 Å². The van der Waals surface area contributed by atoms with Gasteiger partial charge in [-0.25, -0.2) is 4.39 Å². The zero-order valence-electron chi connectivity index (χ0n) is 23.4. The van der Waals surface area contributed by atoms with Gasteiger partial charge in [0, 0.05) is 42.6 Å². The molecule has 3 aromatic rings. The number of halogens is 1. The number of aromatic nitrogens is 1. The number of hydrogen-bond donors (Lipinski definition) is 2. The number of para-hydroxylation sites is 1. The summed E-state index contributed by atoms with van der Waals surface area (Å²) in [6.45, 7) is 6.38. The van der Waals surface area contributed by atoms with E-state index in [1.54, 1.807) is 23.1 Å². The van der Waals surface area contributed by atoms with Crippen LogP contribution >= 0.6 is 0 Å². The molecule has 2 aromatic carbocycles. The molecule has 0 bridgehead atoms. The Kier molecular flexibility index (Phi) is 8.80. The Balaban J connectivity index is 1.71. The van der Waals surface area contributed by atoms with Gasteiger partial charge in [0.1, 0.15) is 11.9 Å². The number of hydrogen-bond acceptors (Lipinski definition) is 5. The molecule has 0 radical (unpaired) electrons. The van der Waals surface area contributed by atoms with Gasteiger partial charge in [-0.1, -0.05) is 57.2 Å². The standard InChI is InChI=1S/C31H34FN5O4/c1-31(2,3)19-37-25-11-7-5-9-22(25)18-36(29(40)20-12-13-34-23(14-20)15-27(33)38)26(30(37)41)16-28(39)35-17-21-8-4-6-10-24(21)32/h4-14,26H,15-19H2,1-3H3,(H2,33,38)(H,35,39). The number of primary amides is 1. The Morgan fingerprint density at radius 3 is 2.49 bits per heavy atom. The summed E-state index contributed by atoms with van der Waals surface area (Å²) in [5, 5.41) is 2.69. The summed E-state index contributed by atoms with van der Waals surface area (Å²) >= 11 is 0. The van der Waals surface area contributed by atoms with E-state index >= 15 is 0 Å². The minimum atomic E-state index is -1.15. The van der Waals surface area contributed by atoms with E-state index in [0.29, 0.717) is 23.5 Å². The van der Waals surface area contributed by atoms with E-state index in [0.717, 1.165) is 5.56 Å². The summed E-state index contributed by atoms with van der Waals surface area (Å²) in [5.41, 5.74) is 7.29. The van der Waals surface area contributed by atoms with Gasteiger partial charge in [-0.05, 0) is 35.2 Å².